The van der Waals surface area contributed by atoms with E-state index < -0.39 is 36.2 Å². The van der Waals surface area contributed by atoms with Crippen LogP contribution in [-0.4, -0.2) is 30.5 Å². The van der Waals surface area contributed by atoms with Gasteiger partial charge in [0.25, 0.3) is 0 Å². The Morgan fingerprint density at radius 2 is 1.78 bits per heavy atom. The molecule has 0 aliphatic carbocycles. The molecule has 0 radical (unpaired) electrons. The van der Waals surface area contributed by atoms with Crippen molar-refractivity contribution in [3.63, 3.8) is 0 Å². The molecule has 10 heteroatoms. The van der Waals surface area contributed by atoms with Crippen molar-refractivity contribution in [1.82, 2.24) is 10.9 Å². The molecule has 0 aliphatic heterocycles. The van der Waals surface area contributed by atoms with Gasteiger partial charge in [-0.1, -0.05) is 0 Å². The second-order valence-electron chi connectivity index (χ2n) is 4.19. The highest BCUT2D eigenvalue weighted by molar-refractivity contribution is 6.21. The summed E-state index contributed by atoms with van der Waals surface area (Å²) in [6.45, 7) is 0. The van der Waals surface area contributed by atoms with E-state index in [-0.39, 0.29) is 5.56 Å². The van der Waals surface area contributed by atoms with Gasteiger partial charge in [-0.3, -0.25) is 10.2 Å². The van der Waals surface area contributed by atoms with E-state index in [9.17, 15) is 23.2 Å². The quantitative estimate of drug-likeness (QED) is 0.367. The van der Waals surface area contributed by atoms with Gasteiger partial charge in [-0.2, -0.15) is 8.78 Å². The summed E-state index contributed by atoms with van der Waals surface area (Å²) in [6.07, 6.45) is -2.79. The molecule has 7 nitrogen and oxygen atoms in total. The third-order valence-electron chi connectivity index (χ3n) is 2.45. The Kier molecular flexibility index (Phi) is 6.70. The Balaban J connectivity index is 2.38. The Morgan fingerprint density at radius 1 is 1.17 bits per heavy atom. The monoisotopic (exact) mass is 350 g/mol. The first-order valence-corrected chi connectivity index (χ1v) is 6.61. The molecular weight excluding hydrogens is 338 g/mol. The summed E-state index contributed by atoms with van der Waals surface area (Å²) in [5, 5.41) is -3.51. The van der Waals surface area contributed by atoms with Crippen molar-refractivity contribution in [3.8, 4) is 5.75 Å². The van der Waals surface area contributed by atoms with Gasteiger partial charge in [0.05, 0.1) is 12.7 Å². The van der Waals surface area contributed by atoms with Gasteiger partial charge in [-0.15, -0.1) is 0 Å². The summed E-state index contributed by atoms with van der Waals surface area (Å²) in [5.74, 6) is -1.37. The van der Waals surface area contributed by atoms with Crippen molar-refractivity contribution in [1.29, 1.82) is 0 Å². The minimum atomic E-state index is -3.51. The van der Waals surface area contributed by atoms with Crippen LogP contribution in [0.1, 0.15) is 23.2 Å². The summed E-state index contributed by atoms with van der Waals surface area (Å²) in [4.78, 5) is 34.0. The lowest BCUT2D eigenvalue weighted by atomic mass is 10.2. The molecule has 0 saturated carbocycles. The van der Waals surface area contributed by atoms with Crippen LogP contribution in [0.25, 0.3) is 0 Å². The zero-order valence-corrected chi connectivity index (χ0v) is 12.7. The number of carbonyl (C=O) groups excluding carboxylic acids is 3. The molecule has 0 aliphatic rings. The van der Waals surface area contributed by atoms with Crippen LogP contribution < -0.4 is 15.6 Å². The molecule has 1 aromatic carbocycles. The van der Waals surface area contributed by atoms with Crippen LogP contribution in [0.2, 0.25) is 0 Å². The van der Waals surface area contributed by atoms with E-state index in [4.69, 9.17) is 4.74 Å². The third kappa shape index (κ3) is 7.41. The molecule has 2 N–H and O–H groups in total. The van der Waals surface area contributed by atoms with E-state index >= 15 is 0 Å². The predicted octanol–water partition coefficient (Wildman–Crippen LogP) is 2.20. The fraction of sp³-hybridized carbons (Fsp3) is 0.308. The maximum atomic E-state index is 12.3. The van der Waals surface area contributed by atoms with E-state index in [1.165, 1.54) is 31.4 Å². The van der Waals surface area contributed by atoms with Crippen molar-refractivity contribution in [2.24, 2.45) is 0 Å². The van der Waals surface area contributed by atoms with E-state index in [0.717, 1.165) is 0 Å². The van der Waals surface area contributed by atoms with Gasteiger partial charge in [0, 0.05) is 12.8 Å². The number of carbonyl (C=O) groups is 3. The Morgan fingerprint density at radius 3 is 2.30 bits per heavy atom. The number of methoxy groups -OCH3 is 1. The van der Waals surface area contributed by atoms with E-state index in [2.05, 4.69) is 16.3 Å². The molecule has 1 rings (SSSR count). The SMILES string of the molecule is COc1ccc(C(=O)OC(=O)NNC(=O)CCC(F)(F)Cl)cc1. The zero-order chi connectivity index (χ0) is 17.5. The van der Waals surface area contributed by atoms with Gasteiger partial charge >= 0.3 is 17.4 Å². The Labute approximate surface area is 134 Å². The summed E-state index contributed by atoms with van der Waals surface area (Å²) >= 11 is 4.62. The highest BCUT2D eigenvalue weighted by Gasteiger charge is 2.25. The van der Waals surface area contributed by atoms with E-state index in [1.54, 1.807) is 10.9 Å². The number of halogens is 3. The van der Waals surface area contributed by atoms with Crippen LogP contribution in [0.4, 0.5) is 13.6 Å². The highest BCUT2D eigenvalue weighted by atomic mass is 35.5. The molecule has 1 aromatic rings. The van der Waals surface area contributed by atoms with Gasteiger partial charge in [-0.25, -0.2) is 15.0 Å². The maximum absolute atomic E-state index is 12.3. The van der Waals surface area contributed by atoms with Gasteiger partial charge in [0.15, 0.2) is 0 Å². The van der Waals surface area contributed by atoms with Gasteiger partial charge in [-0.05, 0) is 35.9 Å². The molecule has 0 spiro atoms. The first-order chi connectivity index (χ1) is 10.7. The molecule has 0 unspecified atom stereocenters. The molecule has 0 saturated heterocycles. The van der Waals surface area contributed by atoms with Crippen molar-refractivity contribution in [2.75, 3.05) is 7.11 Å². The number of rotatable bonds is 5. The van der Waals surface area contributed by atoms with Gasteiger partial charge in [0.1, 0.15) is 5.75 Å². The van der Waals surface area contributed by atoms with Gasteiger partial charge < -0.3 is 9.47 Å². The average molecular weight is 351 g/mol. The first-order valence-electron chi connectivity index (χ1n) is 6.23. The van der Waals surface area contributed by atoms with E-state index in [1.807, 2.05) is 0 Å². The minimum absolute atomic E-state index is 0.0778. The second kappa shape index (κ2) is 8.28. The second-order valence-corrected chi connectivity index (χ2v) is 4.75. The fourth-order valence-electron chi connectivity index (χ4n) is 1.33. The molecular formula is C13H13ClF2N2O5. The standard InChI is InChI=1S/C13H13ClF2N2O5/c1-22-9-4-2-8(3-5-9)11(20)23-12(21)18-17-10(19)6-7-13(14,15)16/h2-5H,6-7H2,1H3,(H,17,19)(H,18,21). The highest BCUT2D eigenvalue weighted by Crippen LogP contribution is 2.24. The molecule has 23 heavy (non-hydrogen) atoms. The molecule has 126 valence electrons. The number of esters is 1. The van der Waals surface area contributed by atoms with Crippen LogP contribution in [0.15, 0.2) is 24.3 Å². The largest absolute Gasteiger partial charge is 0.497 e. The number of amides is 2. The van der Waals surface area contributed by atoms with Crippen LogP contribution in [0.3, 0.4) is 0 Å². The van der Waals surface area contributed by atoms with Crippen LogP contribution >= 0.6 is 11.6 Å². The lowest BCUT2D eigenvalue weighted by Crippen LogP contribution is -2.42. The molecule has 0 aromatic heterocycles. The van der Waals surface area contributed by atoms with Gasteiger partial charge in [0.2, 0.25) is 5.91 Å². The Bertz CT molecular complexity index is 575. The van der Waals surface area contributed by atoms with Crippen molar-refractivity contribution >= 4 is 29.6 Å². The summed E-state index contributed by atoms with van der Waals surface area (Å²) < 4.78 is 33.9. The lowest BCUT2D eigenvalue weighted by molar-refractivity contribution is -0.123. The number of nitrogens with one attached hydrogen (secondary N) is 2. The summed E-state index contributed by atoms with van der Waals surface area (Å²) in [6, 6.07) is 5.72. The Hall–Kier alpha value is -2.42. The van der Waals surface area contributed by atoms with Crippen LogP contribution in [-0.2, 0) is 9.53 Å². The average Bonchev–Trinajstić information content (AvgIpc) is 2.50. The number of hydrogen-bond acceptors (Lipinski definition) is 5. The number of hydrazine groups is 1. The summed E-state index contributed by atoms with van der Waals surface area (Å²) in [7, 11) is 1.45. The van der Waals surface area contributed by atoms with Crippen LogP contribution in [0.5, 0.6) is 5.75 Å². The molecule has 0 atom stereocenters. The lowest BCUT2D eigenvalue weighted by Gasteiger charge is -2.09. The predicted molar refractivity (Wildman–Crippen MR) is 75.1 cm³/mol. The topological polar surface area (TPSA) is 93.7 Å². The molecule has 0 heterocycles. The fourth-order valence-corrected chi connectivity index (χ4v) is 1.43. The van der Waals surface area contributed by atoms with E-state index in [0.29, 0.717) is 5.75 Å². The summed E-state index contributed by atoms with van der Waals surface area (Å²) in [5.41, 5.74) is 3.63. The molecule has 0 bridgehead atoms. The smallest absolute Gasteiger partial charge is 0.434 e. The van der Waals surface area contributed by atoms with Crippen molar-refractivity contribution < 1.29 is 32.6 Å². The van der Waals surface area contributed by atoms with Crippen molar-refractivity contribution in [2.45, 2.75) is 18.2 Å². The normalized spacial score (nSPS) is 10.6. The first kappa shape index (κ1) is 18.6. The number of ether oxygens (including phenoxy) is 2. The minimum Gasteiger partial charge on any atom is -0.497 e. The third-order valence-corrected chi connectivity index (χ3v) is 2.64. The molecule has 2 amide bonds. The number of hydrogen-bond donors (Lipinski definition) is 2. The van der Waals surface area contributed by atoms with Crippen molar-refractivity contribution in [3.05, 3.63) is 29.8 Å². The number of benzene rings is 1. The number of alkyl halides is 3. The zero-order valence-electron chi connectivity index (χ0n) is 11.9. The van der Waals surface area contributed by atoms with Crippen LogP contribution in [0, 0.1) is 0 Å². The maximum Gasteiger partial charge on any atom is 0.434 e. The molecule has 0 fully saturated rings.